The van der Waals surface area contributed by atoms with E-state index in [0.717, 1.165) is 12.3 Å². The van der Waals surface area contributed by atoms with E-state index in [1.54, 1.807) is 0 Å². The van der Waals surface area contributed by atoms with Gasteiger partial charge >= 0.3 is 0 Å². The standard InChI is InChI=1S/C16H15NS2/c1-2-7-15(8-3-1)19-18-13-12-17-11-10-14-6-4-5-9-16(14)17/h1-11H,12-13H2. The van der Waals surface area contributed by atoms with Gasteiger partial charge in [-0.25, -0.2) is 0 Å². The molecule has 3 heteroatoms. The summed E-state index contributed by atoms with van der Waals surface area (Å²) >= 11 is 0. The number of fused-ring (bicyclic) bond motifs is 1. The van der Waals surface area contributed by atoms with E-state index in [1.807, 2.05) is 21.6 Å². The molecule has 0 aliphatic rings. The maximum Gasteiger partial charge on any atom is 0.0480 e. The molecule has 0 atom stereocenters. The number of aryl methyl sites for hydroxylation is 1. The quantitative estimate of drug-likeness (QED) is 0.475. The first-order chi connectivity index (χ1) is 9.43. The molecule has 1 nitrogen and oxygen atoms in total. The van der Waals surface area contributed by atoms with Gasteiger partial charge in [-0.15, -0.1) is 0 Å². The van der Waals surface area contributed by atoms with Gasteiger partial charge in [-0.2, -0.15) is 0 Å². The Morgan fingerprint density at radius 3 is 2.53 bits per heavy atom. The van der Waals surface area contributed by atoms with Gasteiger partial charge in [0, 0.05) is 28.9 Å². The number of benzene rings is 2. The maximum atomic E-state index is 2.33. The molecule has 0 N–H and O–H groups in total. The van der Waals surface area contributed by atoms with Gasteiger partial charge in [0.15, 0.2) is 0 Å². The van der Waals surface area contributed by atoms with Crippen molar-refractivity contribution in [1.29, 1.82) is 0 Å². The Labute approximate surface area is 121 Å². The molecule has 0 amide bonds. The van der Waals surface area contributed by atoms with Gasteiger partial charge in [0.05, 0.1) is 0 Å². The third-order valence-corrected chi connectivity index (χ3v) is 5.36. The largest absolute Gasteiger partial charge is 0.347 e. The lowest BCUT2D eigenvalue weighted by Crippen LogP contribution is -1.97. The van der Waals surface area contributed by atoms with E-state index in [4.69, 9.17) is 0 Å². The molecule has 2 aromatic carbocycles. The third-order valence-electron chi connectivity index (χ3n) is 2.99. The summed E-state index contributed by atoms with van der Waals surface area (Å²) in [5.41, 5.74) is 1.33. The first-order valence-corrected chi connectivity index (χ1v) is 8.64. The average molecular weight is 285 g/mol. The lowest BCUT2D eigenvalue weighted by molar-refractivity contribution is 0.809. The summed E-state index contributed by atoms with van der Waals surface area (Å²) in [5.74, 6) is 1.11. The minimum Gasteiger partial charge on any atom is -0.347 e. The highest BCUT2D eigenvalue weighted by Gasteiger charge is 2.00. The Morgan fingerprint density at radius 2 is 1.63 bits per heavy atom. The maximum absolute atomic E-state index is 2.33. The van der Waals surface area contributed by atoms with Crippen LogP contribution in [0.15, 0.2) is 71.8 Å². The van der Waals surface area contributed by atoms with Crippen molar-refractivity contribution in [3.63, 3.8) is 0 Å². The monoisotopic (exact) mass is 285 g/mol. The summed E-state index contributed by atoms with van der Waals surface area (Å²) in [6.45, 7) is 1.05. The molecule has 0 aliphatic carbocycles. The molecular formula is C16H15NS2. The first kappa shape index (κ1) is 12.7. The van der Waals surface area contributed by atoms with Crippen LogP contribution in [-0.2, 0) is 6.54 Å². The Balaban J connectivity index is 1.55. The van der Waals surface area contributed by atoms with Gasteiger partial charge in [0.2, 0.25) is 0 Å². The van der Waals surface area contributed by atoms with Crippen molar-refractivity contribution in [2.24, 2.45) is 0 Å². The average Bonchev–Trinajstić information content (AvgIpc) is 2.88. The van der Waals surface area contributed by atoms with Gasteiger partial charge in [-0.05, 0) is 29.7 Å². The summed E-state index contributed by atoms with van der Waals surface area (Å²) in [5, 5.41) is 1.32. The minimum absolute atomic E-state index is 1.05. The number of nitrogens with zero attached hydrogens (tertiary/aromatic N) is 1. The van der Waals surface area contributed by atoms with Crippen molar-refractivity contribution in [3.05, 3.63) is 66.9 Å². The molecular weight excluding hydrogens is 270 g/mol. The number of hydrogen-bond acceptors (Lipinski definition) is 2. The Kier molecular flexibility index (Phi) is 4.16. The molecule has 1 heterocycles. The molecule has 19 heavy (non-hydrogen) atoms. The van der Waals surface area contributed by atoms with Crippen molar-refractivity contribution < 1.29 is 0 Å². The fourth-order valence-corrected chi connectivity index (χ4v) is 4.03. The molecule has 0 spiro atoms. The van der Waals surface area contributed by atoms with Crippen LogP contribution in [0.3, 0.4) is 0 Å². The Morgan fingerprint density at radius 1 is 0.842 bits per heavy atom. The second kappa shape index (κ2) is 6.22. The number of aromatic nitrogens is 1. The van der Waals surface area contributed by atoms with Crippen LogP contribution in [0.4, 0.5) is 0 Å². The third kappa shape index (κ3) is 3.17. The van der Waals surface area contributed by atoms with Crippen LogP contribution in [0.2, 0.25) is 0 Å². The number of hydrogen-bond donors (Lipinski definition) is 0. The van der Waals surface area contributed by atoms with Crippen molar-refractivity contribution in [3.8, 4) is 0 Å². The van der Waals surface area contributed by atoms with Crippen LogP contribution in [0.5, 0.6) is 0 Å². The van der Waals surface area contributed by atoms with Crippen molar-refractivity contribution in [2.75, 3.05) is 5.75 Å². The van der Waals surface area contributed by atoms with Crippen molar-refractivity contribution in [2.45, 2.75) is 11.4 Å². The van der Waals surface area contributed by atoms with E-state index in [-0.39, 0.29) is 0 Å². The predicted molar refractivity (Wildman–Crippen MR) is 86.7 cm³/mol. The molecule has 3 aromatic rings. The molecule has 0 saturated heterocycles. The normalized spacial score (nSPS) is 10.9. The highest BCUT2D eigenvalue weighted by Crippen LogP contribution is 2.30. The molecule has 0 radical (unpaired) electrons. The van der Waals surface area contributed by atoms with Gasteiger partial charge < -0.3 is 4.57 Å². The first-order valence-electron chi connectivity index (χ1n) is 6.32. The van der Waals surface area contributed by atoms with E-state index >= 15 is 0 Å². The molecule has 0 saturated carbocycles. The van der Waals surface area contributed by atoms with Crippen LogP contribution in [0, 0.1) is 0 Å². The fourth-order valence-electron chi connectivity index (χ4n) is 2.06. The molecule has 1 aromatic heterocycles. The second-order valence-electron chi connectivity index (χ2n) is 4.29. The molecule has 3 rings (SSSR count). The van der Waals surface area contributed by atoms with E-state index < -0.39 is 0 Å². The lowest BCUT2D eigenvalue weighted by Gasteiger charge is -2.05. The number of para-hydroxylation sites is 1. The summed E-state index contributed by atoms with van der Waals surface area (Å²) in [4.78, 5) is 1.32. The lowest BCUT2D eigenvalue weighted by atomic mass is 10.2. The van der Waals surface area contributed by atoms with E-state index in [0.29, 0.717) is 0 Å². The van der Waals surface area contributed by atoms with Crippen LogP contribution in [-0.4, -0.2) is 10.3 Å². The summed E-state index contributed by atoms with van der Waals surface area (Å²) in [6, 6.07) is 21.3. The zero-order valence-corrected chi connectivity index (χ0v) is 12.2. The van der Waals surface area contributed by atoms with E-state index in [2.05, 4.69) is 71.4 Å². The molecule has 0 aliphatic heterocycles. The second-order valence-corrected chi connectivity index (χ2v) is 6.78. The van der Waals surface area contributed by atoms with Crippen LogP contribution in [0.25, 0.3) is 10.9 Å². The van der Waals surface area contributed by atoms with E-state index in [1.165, 1.54) is 15.8 Å². The van der Waals surface area contributed by atoms with Crippen LogP contribution in [0.1, 0.15) is 0 Å². The summed E-state index contributed by atoms with van der Waals surface area (Å²) < 4.78 is 2.33. The SMILES string of the molecule is c1ccc(SSCCn2ccc3ccccc32)cc1. The highest BCUT2D eigenvalue weighted by molar-refractivity contribution is 8.76. The topological polar surface area (TPSA) is 4.93 Å². The van der Waals surface area contributed by atoms with Gasteiger partial charge in [-0.3, -0.25) is 0 Å². The molecule has 0 bridgehead atoms. The molecule has 0 fully saturated rings. The Bertz CT molecular complexity index is 646. The van der Waals surface area contributed by atoms with Crippen molar-refractivity contribution in [1.82, 2.24) is 4.57 Å². The van der Waals surface area contributed by atoms with Gasteiger partial charge in [0.25, 0.3) is 0 Å². The fraction of sp³-hybridized carbons (Fsp3) is 0.125. The highest BCUT2D eigenvalue weighted by atomic mass is 33.1. The van der Waals surface area contributed by atoms with Gasteiger partial charge in [0.1, 0.15) is 0 Å². The molecule has 0 unspecified atom stereocenters. The minimum atomic E-state index is 1.05. The molecule has 96 valence electrons. The van der Waals surface area contributed by atoms with Crippen molar-refractivity contribution >= 4 is 32.5 Å². The van der Waals surface area contributed by atoms with Gasteiger partial charge in [-0.1, -0.05) is 58.0 Å². The zero-order valence-electron chi connectivity index (χ0n) is 10.5. The van der Waals surface area contributed by atoms with Crippen LogP contribution >= 0.6 is 21.6 Å². The van der Waals surface area contributed by atoms with Crippen LogP contribution < -0.4 is 0 Å². The zero-order chi connectivity index (χ0) is 12.9. The number of rotatable bonds is 5. The predicted octanol–water partition coefficient (Wildman–Crippen LogP) is 5.08. The Hall–Kier alpha value is -1.32. The summed E-state index contributed by atoms with van der Waals surface area (Å²) in [7, 11) is 3.76. The smallest absolute Gasteiger partial charge is 0.0480 e. The van der Waals surface area contributed by atoms with E-state index in [9.17, 15) is 0 Å². The summed E-state index contributed by atoms with van der Waals surface area (Å²) in [6.07, 6.45) is 2.18.